The van der Waals surface area contributed by atoms with Crippen LogP contribution in [0.1, 0.15) is 6.42 Å². The number of anilines is 1. The van der Waals surface area contributed by atoms with Crippen molar-refractivity contribution < 1.29 is 23.1 Å². The van der Waals surface area contributed by atoms with E-state index in [1.54, 1.807) is 69.2 Å². The molecule has 32 heavy (non-hydrogen) atoms. The Hall–Kier alpha value is -3.79. The third kappa shape index (κ3) is 5.09. The summed E-state index contributed by atoms with van der Waals surface area (Å²) >= 11 is 1.32. The highest BCUT2D eigenvalue weighted by Gasteiger charge is 2.18. The van der Waals surface area contributed by atoms with Gasteiger partial charge in [0.05, 0.1) is 26.7 Å². The number of carbonyl (C=O) groups excluding carboxylic acids is 1. The topological polar surface area (TPSA) is 113 Å². The fourth-order valence-electron chi connectivity index (χ4n) is 2.87. The van der Waals surface area contributed by atoms with Gasteiger partial charge < -0.3 is 23.6 Å². The largest absolute Gasteiger partial charge is 0.497 e. The summed E-state index contributed by atoms with van der Waals surface area (Å²) < 4.78 is 21.4. The van der Waals surface area contributed by atoms with Gasteiger partial charge in [-0.25, -0.2) is 4.98 Å². The van der Waals surface area contributed by atoms with E-state index in [1.165, 1.54) is 11.8 Å². The molecule has 0 aliphatic rings. The van der Waals surface area contributed by atoms with Crippen molar-refractivity contribution >= 4 is 23.4 Å². The first-order valence-corrected chi connectivity index (χ1v) is 10.6. The van der Waals surface area contributed by atoms with Crippen molar-refractivity contribution in [2.24, 2.45) is 0 Å². The fraction of sp³-hybridized carbons (Fsp3) is 0.182. The number of hydrogen-bond acceptors (Lipinski definition) is 9. The number of methoxy groups -OCH3 is 2. The van der Waals surface area contributed by atoms with Crippen LogP contribution in [-0.4, -0.2) is 41.1 Å². The van der Waals surface area contributed by atoms with Gasteiger partial charge in [-0.2, -0.15) is 0 Å². The molecule has 1 aromatic carbocycles. The number of aromatic nitrogens is 3. The molecule has 0 spiro atoms. The van der Waals surface area contributed by atoms with E-state index in [0.717, 1.165) is 0 Å². The van der Waals surface area contributed by atoms with Gasteiger partial charge in [0.15, 0.2) is 17.2 Å². The van der Waals surface area contributed by atoms with Crippen molar-refractivity contribution in [1.29, 1.82) is 0 Å². The minimum atomic E-state index is -0.153. The second kappa shape index (κ2) is 10.0. The molecule has 0 unspecified atom stereocenters. The van der Waals surface area contributed by atoms with Crippen molar-refractivity contribution in [3.8, 4) is 34.4 Å². The van der Waals surface area contributed by atoms with Crippen LogP contribution in [0.3, 0.4) is 0 Å². The predicted molar refractivity (Wildman–Crippen MR) is 119 cm³/mol. The van der Waals surface area contributed by atoms with E-state index in [0.29, 0.717) is 51.0 Å². The standard InChI is InChI=1S/C22H20N4O5S/c1-28-15-11-14(12-16(13-15)29-2)23-19(27)7-10-32-22-24-20(17-5-3-8-30-17)21(25-26-22)18-6-4-9-31-18/h3-6,8-9,11-13H,7,10H2,1-2H3,(H,23,27). The van der Waals surface area contributed by atoms with Crippen LogP contribution in [0.4, 0.5) is 5.69 Å². The van der Waals surface area contributed by atoms with E-state index in [-0.39, 0.29) is 12.3 Å². The quantitative estimate of drug-likeness (QED) is 0.366. The highest BCUT2D eigenvalue weighted by Crippen LogP contribution is 2.30. The summed E-state index contributed by atoms with van der Waals surface area (Å²) in [6.45, 7) is 0. The number of rotatable bonds is 9. The molecular weight excluding hydrogens is 432 g/mol. The molecule has 1 N–H and O–H groups in total. The van der Waals surface area contributed by atoms with E-state index in [1.807, 2.05) is 0 Å². The molecule has 3 heterocycles. The molecule has 4 rings (SSSR count). The van der Waals surface area contributed by atoms with E-state index in [9.17, 15) is 4.79 Å². The maximum Gasteiger partial charge on any atom is 0.225 e. The molecule has 0 fully saturated rings. The molecule has 3 aromatic heterocycles. The molecule has 0 aliphatic carbocycles. The van der Waals surface area contributed by atoms with Crippen LogP contribution in [0.25, 0.3) is 22.9 Å². The number of furan rings is 2. The third-order valence-corrected chi connectivity index (χ3v) is 5.21. The maximum atomic E-state index is 12.4. The highest BCUT2D eigenvalue weighted by molar-refractivity contribution is 7.99. The number of nitrogens with one attached hydrogen (secondary N) is 1. The van der Waals surface area contributed by atoms with E-state index < -0.39 is 0 Å². The zero-order chi connectivity index (χ0) is 22.3. The van der Waals surface area contributed by atoms with Crippen LogP contribution < -0.4 is 14.8 Å². The zero-order valence-corrected chi connectivity index (χ0v) is 18.2. The Morgan fingerprint density at radius 2 is 1.62 bits per heavy atom. The van der Waals surface area contributed by atoms with Gasteiger partial charge in [-0.3, -0.25) is 4.79 Å². The van der Waals surface area contributed by atoms with Crippen molar-refractivity contribution in [2.75, 3.05) is 25.3 Å². The molecule has 0 bridgehead atoms. The van der Waals surface area contributed by atoms with Crippen LogP contribution in [0.2, 0.25) is 0 Å². The Kier molecular flexibility index (Phi) is 6.71. The van der Waals surface area contributed by atoms with Gasteiger partial charge in [-0.1, -0.05) is 11.8 Å². The summed E-state index contributed by atoms with van der Waals surface area (Å²) in [5.74, 6) is 2.59. The van der Waals surface area contributed by atoms with Crippen LogP contribution in [0, 0.1) is 0 Å². The van der Waals surface area contributed by atoms with Crippen LogP contribution in [0.5, 0.6) is 11.5 Å². The first-order chi connectivity index (χ1) is 15.7. The summed E-state index contributed by atoms with van der Waals surface area (Å²) in [5, 5.41) is 11.7. The Bertz CT molecular complexity index is 1160. The Balaban J connectivity index is 1.41. The second-order valence-electron chi connectivity index (χ2n) is 6.49. The summed E-state index contributed by atoms with van der Waals surface area (Å²) in [7, 11) is 3.11. The summed E-state index contributed by atoms with van der Waals surface area (Å²) in [6.07, 6.45) is 3.37. The molecule has 0 radical (unpaired) electrons. The zero-order valence-electron chi connectivity index (χ0n) is 17.4. The van der Waals surface area contributed by atoms with Gasteiger partial charge in [0.2, 0.25) is 11.1 Å². The van der Waals surface area contributed by atoms with Gasteiger partial charge in [-0.05, 0) is 24.3 Å². The molecule has 0 saturated carbocycles. The van der Waals surface area contributed by atoms with Crippen LogP contribution in [0.15, 0.2) is 69.0 Å². The molecule has 9 nitrogen and oxygen atoms in total. The molecule has 0 atom stereocenters. The highest BCUT2D eigenvalue weighted by atomic mass is 32.2. The Morgan fingerprint density at radius 3 is 2.22 bits per heavy atom. The number of nitrogens with zero attached hydrogens (tertiary/aromatic N) is 3. The molecule has 1 amide bonds. The molecular formula is C22H20N4O5S. The number of benzene rings is 1. The lowest BCUT2D eigenvalue weighted by Crippen LogP contribution is -2.12. The molecule has 10 heteroatoms. The van der Waals surface area contributed by atoms with Crippen molar-refractivity contribution in [1.82, 2.24) is 15.2 Å². The first-order valence-electron chi connectivity index (χ1n) is 9.64. The van der Waals surface area contributed by atoms with Gasteiger partial charge in [0.1, 0.15) is 17.2 Å². The van der Waals surface area contributed by atoms with E-state index >= 15 is 0 Å². The lowest BCUT2D eigenvalue weighted by atomic mass is 10.2. The summed E-state index contributed by atoms with van der Waals surface area (Å²) in [5.41, 5.74) is 1.60. The Labute approximate surface area is 188 Å². The third-order valence-electron chi connectivity index (χ3n) is 4.37. The number of amides is 1. The number of carbonyl (C=O) groups is 1. The smallest absolute Gasteiger partial charge is 0.225 e. The molecule has 0 saturated heterocycles. The molecule has 164 valence electrons. The van der Waals surface area contributed by atoms with E-state index in [2.05, 4.69) is 20.5 Å². The lowest BCUT2D eigenvalue weighted by molar-refractivity contribution is -0.115. The number of thioether (sulfide) groups is 1. The van der Waals surface area contributed by atoms with Crippen molar-refractivity contribution in [3.05, 3.63) is 55.0 Å². The minimum absolute atomic E-state index is 0.153. The first kappa shape index (κ1) is 21.4. The molecule has 4 aromatic rings. The van der Waals surface area contributed by atoms with Gasteiger partial charge in [0.25, 0.3) is 0 Å². The fourth-order valence-corrected chi connectivity index (χ4v) is 3.60. The predicted octanol–water partition coefficient (Wildman–Crippen LogP) is 4.53. The van der Waals surface area contributed by atoms with Gasteiger partial charge in [-0.15, -0.1) is 10.2 Å². The lowest BCUT2D eigenvalue weighted by Gasteiger charge is -2.10. The Morgan fingerprint density at radius 1 is 0.969 bits per heavy atom. The average Bonchev–Trinajstić information content (AvgIpc) is 3.53. The summed E-state index contributed by atoms with van der Waals surface area (Å²) in [4.78, 5) is 16.9. The second-order valence-corrected chi connectivity index (χ2v) is 7.56. The maximum absolute atomic E-state index is 12.4. The minimum Gasteiger partial charge on any atom is -0.497 e. The SMILES string of the molecule is COc1cc(NC(=O)CCSc2nnc(-c3ccco3)c(-c3ccco3)n2)cc(OC)c1. The van der Waals surface area contributed by atoms with Gasteiger partial charge >= 0.3 is 0 Å². The number of hydrogen-bond donors (Lipinski definition) is 1. The van der Waals surface area contributed by atoms with Gasteiger partial charge in [0, 0.05) is 36.1 Å². The van der Waals surface area contributed by atoms with Crippen molar-refractivity contribution in [3.63, 3.8) is 0 Å². The monoisotopic (exact) mass is 452 g/mol. The molecule has 0 aliphatic heterocycles. The number of ether oxygens (including phenoxy) is 2. The van der Waals surface area contributed by atoms with Crippen LogP contribution >= 0.6 is 11.8 Å². The van der Waals surface area contributed by atoms with Crippen LogP contribution in [-0.2, 0) is 4.79 Å². The average molecular weight is 452 g/mol. The van der Waals surface area contributed by atoms with Crippen molar-refractivity contribution in [2.45, 2.75) is 11.6 Å². The van der Waals surface area contributed by atoms with E-state index in [4.69, 9.17) is 18.3 Å². The summed E-state index contributed by atoms with van der Waals surface area (Å²) in [6, 6.07) is 12.3. The normalized spacial score (nSPS) is 10.7.